The average Bonchev–Trinajstić information content (AvgIpc) is 3.00. The van der Waals surface area contributed by atoms with Crippen LogP contribution in [-0.2, 0) is 13.1 Å². The first-order valence-corrected chi connectivity index (χ1v) is 7.45. The van der Waals surface area contributed by atoms with Gasteiger partial charge in [-0.1, -0.05) is 13.8 Å². The van der Waals surface area contributed by atoms with Gasteiger partial charge in [0.1, 0.15) is 5.82 Å². The Labute approximate surface area is 120 Å². The first kappa shape index (κ1) is 13.4. The molecule has 2 aromatic rings. The first-order chi connectivity index (χ1) is 9.74. The summed E-state index contributed by atoms with van der Waals surface area (Å²) >= 11 is 0. The molecule has 1 aliphatic rings. The molecule has 0 radical (unpaired) electrons. The van der Waals surface area contributed by atoms with Crippen molar-refractivity contribution in [1.82, 2.24) is 24.4 Å². The fourth-order valence-corrected chi connectivity index (χ4v) is 2.43. The van der Waals surface area contributed by atoms with E-state index in [2.05, 4.69) is 44.5 Å². The Morgan fingerprint density at radius 2 is 2.25 bits per heavy atom. The molecule has 108 valence electrons. The Morgan fingerprint density at radius 1 is 1.40 bits per heavy atom. The molecule has 0 bridgehead atoms. The summed E-state index contributed by atoms with van der Waals surface area (Å²) in [6, 6.07) is 0.679. The number of imidazole rings is 2. The zero-order chi connectivity index (χ0) is 13.9. The molecule has 0 amide bonds. The Bertz CT molecular complexity index is 550. The Morgan fingerprint density at radius 3 is 3.00 bits per heavy atom. The standard InChI is InChI=1S/C15H23N5/c1-12(2)7-16-9-15-18-5-6-19(15)10-14-8-17-11-20(14)13-3-4-13/h5-6,8,11-13,16H,3-4,7,9-10H2,1-2H3. The lowest BCUT2D eigenvalue weighted by Gasteiger charge is -2.11. The van der Waals surface area contributed by atoms with Crippen LogP contribution in [0.4, 0.5) is 0 Å². The zero-order valence-corrected chi connectivity index (χ0v) is 12.3. The molecule has 0 aliphatic heterocycles. The number of rotatable bonds is 7. The van der Waals surface area contributed by atoms with E-state index >= 15 is 0 Å². The molecule has 0 spiro atoms. The van der Waals surface area contributed by atoms with Gasteiger partial charge in [-0.25, -0.2) is 9.97 Å². The van der Waals surface area contributed by atoms with Crippen molar-refractivity contribution in [2.24, 2.45) is 5.92 Å². The van der Waals surface area contributed by atoms with Crippen LogP contribution in [0.1, 0.15) is 44.2 Å². The van der Waals surface area contributed by atoms with E-state index in [1.54, 1.807) is 0 Å². The maximum Gasteiger partial charge on any atom is 0.123 e. The van der Waals surface area contributed by atoms with E-state index in [-0.39, 0.29) is 0 Å². The fraction of sp³-hybridized carbons (Fsp3) is 0.600. The maximum absolute atomic E-state index is 4.45. The van der Waals surface area contributed by atoms with Gasteiger partial charge in [0.2, 0.25) is 0 Å². The molecule has 1 fully saturated rings. The molecule has 5 heteroatoms. The van der Waals surface area contributed by atoms with E-state index < -0.39 is 0 Å². The molecule has 0 unspecified atom stereocenters. The van der Waals surface area contributed by atoms with Gasteiger partial charge in [0.15, 0.2) is 0 Å². The normalized spacial score (nSPS) is 15.2. The van der Waals surface area contributed by atoms with Gasteiger partial charge in [0.25, 0.3) is 0 Å². The summed E-state index contributed by atoms with van der Waals surface area (Å²) < 4.78 is 4.52. The minimum Gasteiger partial charge on any atom is -0.330 e. The Kier molecular flexibility index (Phi) is 3.87. The smallest absolute Gasteiger partial charge is 0.123 e. The van der Waals surface area contributed by atoms with Gasteiger partial charge in [0, 0.05) is 24.6 Å². The van der Waals surface area contributed by atoms with Crippen LogP contribution < -0.4 is 5.32 Å². The molecule has 3 rings (SSSR count). The van der Waals surface area contributed by atoms with Crippen molar-refractivity contribution in [3.8, 4) is 0 Å². The lowest BCUT2D eigenvalue weighted by atomic mass is 10.2. The predicted octanol–water partition coefficient (Wildman–Crippen LogP) is 2.21. The van der Waals surface area contributed by atoms with Crippen molar-refractivity contribution in [2.75, 3.05) is 6.54 Å². The molecule has 0 saturated heterocycles. The van der Waals surface area contributed by atoms with E-state index in [1.807, 2.05) is 18.7 Å². The minimum absolute atomic E-state index is 0.662. The van der Waals surface area contributed by atoms with Crippen LogP contribution in [-0.4, -0.2) is 25.6 Å². The summed E-state index contributed by atoms with van der Waals surface area (Å²) in [5, 5.41) is 3.45. The quantitative estimate of drug-likeness (QED) is 0.841. The monoisotopic (exact) mass is 273 g/mol. The van der Waals surface area contributed by atoms with Gasteiger partial charge >= 0.3 is 0 Å². The third-order valence-electron chi connectivity index (χ3n) is 3.66. The van der Waals surface area contributed by atoms with Crippen molar-refractivity contribution >= 4 is 0 Å². The highest BCUT2D eigenvalue weighted by Crippen LogP contribution is 2.35. The number of hydrogen-bond acceptors (Lipinski definition) is 3. The van der Waals surface area contributed by atoms with E-state index in [9.17, 15) is 0 Å². The van der Waals surface area contributed by atoms with Crippen LogP contribution in [0, 0.1) is 5.92 Å². The molecule has 0 atom stereocenters. The highest BCUT2D eigenvalue weighted by atomic mass is 15.2. The van der Waals surface area contributed by atoms with Crippen LogP contribution in [0.15, 0.2) is 24.9 Å². The van der Waals surface area contributed by atoms with E-state index in [0.717, 1.165) is 25.5 Å². The molecule has 0 aromatic carbocycles. The summed E-state index contributed by atoms with van der Waals surface area (Å²) in [4.78, 5) is 8.75. The molecule has 1 saturated carbocycles. The van der Waals surface area contributed by atoms with Gasteiger partial charge in [0.05, 0.1) is 25.1 Å². The second-order valence-electron chi connectivity index (χ2n) is 6.02. The summed E-state index contributed by atoms with van der Waals surface area (Å²) in [5.74, 6) is 1.75. The van der Waals surface area contributed by atoms with Gasteiger partial charge in [-0.3, -0.25) is 0 Å². The molecular formula is C15H23N5. The summed E-state index contributed by atoms with van der Waals surface area (Å²) in [6.07, 6.45) is 10.4. The Hall–Kier alpha value is -1.62. The summed E-state index contributed by atoms with van der Waals surface area (Å²) in [6.45, 7) is 7.13. The van der Waals surface area contributed by atoms with E-state index in [0.29, 0.717) is 12.0 Å². The Balaban J connectivity index is 1.65. The second kappa shape index (κ2) is 5.79. The van der Waals surface area contributed by atoms with E-state index in [4.69, 9.17) is 0 Å². The van der Waals surface area contributed by atoms with Crippen LogP contribution in [0.3, 0.4) is 0 Å². The highest BCUT2D eigenvalue weighted by Gasteiger charge is 2.25. The number of aromatic nitrogens is 4. The van der Waals surface area contributed by atoms with Gasteiger partial charge in [-0.15, -0.1) is 0 Å². The van der Waals surface area contributed by atoms with Crippen molar-refractivity contribution in [2.45, 2.75) is 45.8 Å². The first-order valence-electron chi connectivity index (χ1n) is 7.45. The molecule has 5 nitrogen and oxygen atoms in total. The van der Waals surface area contributed by atoms with Crippen molar-refractivity contribution in [3.63, 3.8) is 0 Å². The maximum atomic E-state index is 4.45. The zero-order valence-electron chi connectivity index (χ0n) is 12.3. The molecular weight excluding hydrogens is 250 g/mol. The molecule has 1 N–H and O–H groups in total. The van der Waals surface area contributed by atoms with Gasteiger partial charge in [-0.05, 0) is 25.3 Å². The topological polar surface area (TPSA) is 47.7 Å². The molecule has 20 heavy (non-hydrogen) atoms. The average molecular weight is 273 g/mol. The number of nitrogens with one attached hydrogen (secondary N) is 1. The largest absolute Gasteiger partial charge is 0.330 e. The molecule has 2 aromatic heterocycles. The van der Waals surface area contributed by atoms with Crippen molar-refractivity contribution in [1.29, 1.82) is 0 Å². The lowest BCUT2D eigenvalue weighted by Crippen LogP contribution is -2.21. The fourth-order valence-electron chi connectivity index (χ4n) is 2.43. The van der Waals surface area contributed by atoms with Crippen LogP contribution >= 0.6 is 0 Å². The van der Waals surface area contributed by atoms with Crippen molar-refractivity contribution in [3.05, 3.63) is 36.4 Å². The van der Waals surface area contributed by atoms with E-state index in [1.165, 1.54) is 18.5 Å². The van der Waals surface area contributed by atoms with Crippen LogP contribution in [0.2, 0.25) is 0 Å². The summed E-state index contributed by atoms with van der Waals surface area (Å²) in [5.41, 5.74) is 1.27. The third-order valence-corrected chi connectivity index (χ3v) is 3.66. The SMILES string of the molecule is CC(C)CNCc1nccn1Cc1cncn1C1CC1. The third kappa shape index (κ3) is 3.10. The van der Waals surface area contributed by atoms with Crippen LogP contribution in [0.5, 0.6) is 0 Å². The second-order valence-corrected chi connectivity index (χ2v) is 6.02. The minimum atomic E-state index is 0.662. The number of nitrogens with zero attached hydrogens (tertiary/aromatic N) is 4. The summed E-state index contributed by atoms with van der Waals surface area (Å²) in [7, 11) is 0. The lowest BCUT2D eigenvalue weighted by molar-refractivity contribution is 0.530. The van der Waals surface area contributed by atoms with Crippen LogP contribution in [0.25, 0.3) is 0 Å². The molecule has 1 aliphatic carbocycles. The van der Waals surface area contributed by atoms with Gasteiger partial charge in [-0.2, -0.15) is 0 Å². The predicted molar refractivity (Wildman–Crippen MR) is 78.4 cm³/mol. The van der Waals surface area contributed by atoms with Crippen molar-refractivity contribution < 1.29 is 0 Å². The number of hydrogen-bond donors (Lipinski definition) is 1. The highest BCUT2D eigenvalue weighted by molar-refractivity contribution is 5.06. The molecule has 2 heterocycles. The van der Waals surface area contributed by atoms with Gasteiger partial charge < -0.3 is 14.5 Å².